The Labute approximate surface area is 144 Å². The van der Waals surface area contributed by atoms with E-state index in [4.69, 9.17) is 0 Å². The summed E-state index contributed by atoms with van der Waals surface area (Å²) in [5.41, 5.74) is -0.418. The normalized spacial score (nSPS) is 31.7. The number of piperidine rings is 1. The smallest absolute Gasteiger partial charge is 0.245 e. The Kier molecular flexibility index (Phi) is 5.25. The molecule has 2 fully saturated rings. The minimum atomic E-state index is -0.434. The molecule has 136 valence electrons. The van der Waals surface area contributed by atoms with Gasteiger partial charge in [0.2, 0.25) is 17.7 Å². The average Bonchev–Trinajstić information content (AvgIpc) is 2.43. The van der Waals surface area contributed by atoms with E-state index >= 15 is 0 Å². The molecular formula is C18H31N3O3. The zero-order valence-corrected chi connectivity index (χ0v) is 15.8. The van der Waals surface area contributed by atoms with Crippen LogP contribution >= 0.6 is 0 Å². The molecule has 0 aromatic carbocycles. The lowest BCUT2D eigenvalue weighted by Gasteiger charge is -2.47. The molecule has 0 unspecified atom stereocenters. The number of rotatable bonds is 1. The second-order valence-corrected chi connectivity index (χ2v) is 8.57. The molecule has 0 aliphatic carbocycles. The number of amides is 3. The van der Waals surface area contributed by atoms with Crippen LogP contribution in [0.25, 0.3) is 0 Å². The third kappa shape index (κ3) is 3.90. The van der Waals surface area contributed by atoms with E-state index in [0.29, 0.717) is 25.9 Å². The summed E-state index contributed by atoms with van der Waals surface area (Å²) in [4.78, 5) is 41.0. The van der Waals surface area contributed by atoms with Gasteiger partial charge >= 0.3 is 0 Å². The minimum Gasteiger partial charge on any atom is -0.344 e. The zero-order chi connectivity index (χ0) is 18.2. The van der Waals surface area contributed by atoms with Gasteiger partial charge < -0.3 is 15.1 Å². The van der Waals surface area contributed by atoms with Crippen molar-refractivity contribution in [3.8, 4) is 0 Å². The number of nitrogens with one attached hydrogen (secondary N) is 1. The Bertz CT molecular complexity index is 514. The maximum absolute atomic E-state index is 12.9. The van der Waals surface area contributed by atoms with E-state index in [0.717, 1.165) is 0 Å². The van der Waals surface area contributed by atoms with Gasteiger partial charge in [0.15, 0.2) is 0 Å². The second-order valence-electron chi connectivity index (χ2n) is 8.57. The molecule has 2 aliphatic heterocycles. The first-order chi connectivity index (χ1) is 11.0. The fourth-order valence-corrected chi connectivity index (χ4v) is 3.85. The van der Waals surface area contributed by atoms with Crippen molar-refractivity contribution < 1.29 is 14.4 Å². The van der Waals surface area contributed by atoms with E-state index < -0.39 is 11.5 Å². The summed E-state index contributed by atoms with van der Waals surface area (Å²) < 4.78 is 0. The molecule has 4 atom stereocenters. The van der Waals surface area contributed by atoms with Crippen LogP contribution in [0.5, 0.6) is 0 Å². The standard InChI is InChI=1S/C18H31N3O3/c1-11-7-14(19-15(22)8-11)16(23)21-12(2)9-20(10-13(21)3)17(24)18(4,5)6/h11-14H,7-10H2,1-6H3,(H,19,22)/t11-,12-,13-,14-/m0/s1. The van der Waals surface area contributed by atoms with Gasteiger partial charge in [-0.3, -0.25) is 14.4 Å². The van der Waals surface area contributed by atoms with Crippen molar-refractivity contribution in [1.82, 2.24) is 15.1 Å². The topological polar surface area (TPSA) is 69.7 Å². The monoisotopic (exact) mass is 337 g/mol. The van der Waals surface area contributed by atoms with Crippen molar-refractivity contribution in [2.24, 2.45) is 11.3 Å². The van der Waals surface area contributed by atoms with Crippen molar-refractivity contribution in [2.45, 2.75) is 72.5 Å². The molecule has 6 heteroatoms. The average molecular weight is 337 g/mol. The lowest BCUT2D eigenvalue weighted by atomic mass is 9.91. The van der Waals surface area contributed by atoms with Crippen LogP contribution in [0.3, 0.4) is 0 Å². The van der Waals surface area contributed by atoms with Gasteiger partial charge in [-0.25, -0.2) is 0 Å². The lowest BCUT2D eigenvalue weighted by molar-refractivity contribution is -0.153. The van der Waals surface area contributed by atoms with Crippen LogP contribution in [0.1, 0.15) is 54.4 Å². The summed E-state index contributed by atoms with van der Waals surface area (Å²) in [6.07, 6.45) is 1.17. The summed E-state index contributed by atoms with van der Waals surface area (Å²) in [6.45, 7) is 12.8. The van der Waals surface area contributed by atoms with Gasteiger partial charge in [0.05, 0.1) is 0 Å². The van der Waals surface area contributed by atoms with Crippen LogP contribution in [0, 0.1) is 11.3 Å². The van der Waals surface area contributed by atoms with Gasteiger partial charge in [0.1, 0.15) is 6.04 Å². The van der Waals surface area contributed by atoms with Crippen LogP contribution in [0.15, 0.2) is 0 Å². The minimum absolute atomic E-state index is 0.0160. The molecule has 0 saturated carbocycles. The number of nitrogens with zero attached hydrogens (tertiary/aromatic N) is 2. The molecule has 0 aromatic heterocycles. The third-order valence-corrected chi connectivity index (χ3v) is 4.91. The van der Waals surface area contributed by atoms with Crippen molar-refractivity contribution in [2.75, 3.05) is 13.1 Å². The van der Waals surface area contributed by atoms with Crippen molar-refractivity contribution in [3.63, 3.8) is 0 Å². The molecule has 6 nitrogen and oxygen atoms in total. The SMILES string of the molecule is C[C@@H]1CC(=O)N[C@H](C(=O)N2[C@@H](C)CN(C(=O)C(C)(C)C)C[C@@H]2C)C1. The number of carbonyl (C=O) groups is 3. The van der Waals surface area contributed by atoms with Crippen molar-refractivity contribution in [1.29, 1.82) is 0 Å². The van der Waals surface area contributed by atoms with Crippen LogP contribution in [0.2, 0.25) is 0 Å². The maximum atomic E-state index is 12.9. The molecule has 3 amide bonds. The molecule has 24 heavy (non-hydrogen) atoms. The highest BCUT2D eigenvalue weighted by atomic mass is 16.2. The highest BCUT2D eigenvalue weighted by Gasteiger charge is 2.41. The molecule has 0 radical (unpaired) electrons. The van der Waals surface area contributed by atoms with Crippen LogP contribution in [-0.4, -0.2) is 58.7 Å². The molecule has 1 N–H and O–H groups in total. The fraction of sp³-hybridized carbons (Fsp3) is 0.833. The summed E-state index contributed by atoms with van der Waals surface area (Å²) in [7, 11) is 0. The fourth-order valence-electron chi connectivity index (χ4n) is 3.85. The molecule has 2 aliphatic rings. The van der Waals surface area contributed by atoms with Gasteiger partial charge in [-0.15, -0.1) is 0 Å². The molecular weight excluding hydrogens is 306 g/mol. The molecule has 2 heterocycles. The highest BCUT2D eigenvalue weighted by Crippen LogP contribution is 2.25. The maximum Gasteiger partial charge on any atom is 0.245 e. The summed E-state index contributed by atoms with van der Waals surface area (Å²) in [6, 6.07) is -0.542. The highest BCUT2D eigenvalue weighted by molar-refractivity contribution is 5.89. The van der Waals surface area contributed by atoms with Crippen molar-refractivity contribution in [3.05, 3.63) is 0 Å². The van der Waals surface area contributed by atoms with Crippen LogP contribution in [-0.2, 0) is 14.4 Å². The first-order valence-electron chi connectivity index (χ1n) is 8.91. The summed E-state index contributed by atoms with van der Waals surface area (Å²) >= 11 is 0. The Hall–Kier alpha value is -1.59. The Morgan fingerprint density at radius 2 is 1.62 bits per heavy atom. The molecule has 0 spiro atoms. The first-order valence-corrected chi connectivity index (χ1v) is 8.91. The summed E-state index contributed by atoms with van der Waals surface area (Å²) in [5.74, 6) is 0.279. The molecule has 0 aromatic rings. The van der Waals surface area contributed by atoms with Gasteiger partial charge in [-0.05, 0) is 26.2 Å². The van der Waals surface area contributed by atoms with Gasteiger partial charge in [-0.1, -0.05) is 27.7 Å². The van der Waals surface area contributed by atoms with Crippen LogP contribution < -0.4 is 5.32 Å². The quantitative estimate of drug-likeness (QED) is 0.786. The van der Waals surface area contributed by atoms with E-state index in [2.05, 4.69) is 5.32 Å². The number of carbonyl (C=O) groups excluding carboxylic acids is 3. The number of hydrogen-bond acceptors (Lipinski definition) is 3. The van der Waals surface area contributed by atoms with Gasteiger partial charge in [0.25, 0.3) is 0 Å². The predicted molar refractivity (Wildman–Crippen MR) is 92.1 cm³/mol. The van der Waals surface area contributed by atoms with E-state index in [9.17, 15) is 14.4 Å². The molecule has 0 bridgehead atoms. The van der Waals surface area contributed by atoms with E-state index in [1.807, 2.05) is 51.3 Å². The van der Waals surface area contributed by atoms with E-state index in [-0.39, 0.29) is 35.7 Å². The Morgan fingerprint density at radius 3 is 2.08 bits per heavy atom. The third-order valence-electron chi connectivity index (χ3n) is 4.91. The predicted octanol–water partition coefficient (Wildman–Crippen LogP) is 1.40. The van der Waals surface area contributed by atoms with Gasteiger partial charge in [-0.2, -0.15) is 0 Å². The Balaban J connectivity index is 2.08. The zero-order valence-electron chi connectivity index (χ0n) is 15.8. The number of piperazine rings is 1. The molecule has 2 rings (SSSR count). The molecule has 2 saturated heterocycles. The number of hydrogen-bond donors (Lipinski definition) is 1. The van der Waals surface area contributed by atoms with Gasteiger partial charge in [0, 0.05) is 37.0 Å². The van der Waals surface area contributed by atoms with Crippen molar-refractivity contribution >= 4 is 17.7 Å². The summed E-state index contributed by atoms with van der Waals surface area (Å²) in [5, 5.41) is 2.83. The second kappa shape index (κ2) is 6.73. The van der Waals surface area contributed by atoms with E-state index in [1.165, 1.54) is 0 Å². The Morgan fingerprint density at radius 1 is 1.08 bits per heavy atom. The lowest BCUT2D eigenvalue weighted by Crippen LogP contribution is -2.64. The first kappa shape index (κ1) is 18.7. The van der Waals surface area contributed by atoms with Crippen LogP contribution in [0.4, 0.5) is 0 Å². The largest absolute Gasteiger partial charge is 0.344 e. The van der Waals surface area contributed by atoms with E-state index in [1.54, 1.807) is 0 Å².